The number of hydrogen-bond acceptors (Lipinski definition) is 4. The predicted octanol–water partition coefficient (Wildman–Crippen LogP) is 3.57. The number of rotatable bonds is 7. The minimum absolute atomic E-state index is 0.102. The van der Waals surface area contributed by atoms with Gasteiger partial charge in [0.15, 0.2) is 0 Å². The zero-order chi connectivity index (χ0) is 19.9. The number of carbonyl (C=O) groups is 1. The number of nitrogens with one attached hydrogen (secondary N) is 1. The third kappa shape index (κ3) is 5.81. The van der Waals surface area contributed by atoms with Crippen LogP contribution in [0.1, 0.15) is 27.9 Å². The van der Waals surface area contributed by atoms with Gasteiger partial charge < -0.3 is 19.9 Å². The van der Waals surface area contributed by atoms with Gasteiger partial charge in [-0.2, -0.15) is 0 Å². The van der Waals surface area contributed by atoms with Crippen LogP contribution in [0.2, 0.25) is 0 Å². The maximum atomic E-state index is 12.5. The molecule has 1 aliphatic rings. The van der Waals surface area contributed by atoms with E-state index in [-0.39, 0.29) is 5.91 Å². The van der Waals surface area contributed by atoms with E-state index < -0.39 is 0 Å². The standard InChI is InChI=1S/C23H31N3O2/c1-18-5-6-19(2)22(17-18)24-23(27)20-7-9-21(10-8-20)28-16-4-11-26-14-12-25(3)13-15-26/h5-10,17H,4,11-16H2,1-3H3,(H,24,27). The Bertz CT molecular complexity index is 781. The monoisotopic (exact) mass is 381 g/mol. The second kappa shape index (κ2) is 9.71. The van der Waals surface area contributed by atoms with Crippen molar-refractivity contribution in [3.05, 3.63) is 59.2 Å². The largest absolute Gasteiger partial charge is 0.494 e. The Morgan fingerprint density at radius 1 is 1.04 bits per heavy atom. The van der Waals surface area contributed by atoms with Crippen molar-refractivity contribution < 1.29 is 9.53 Å². The van der Waals surface area contributed by atoms with Gasteiger partial charge in [-0.1, -0.05) is 12.1 Å². The smallest absolute Gasteiger partial charge is 0.255 e. The van der Waals surface area contributed by atoms with Gasteiger partial charge >= 0.3 is 0 Å². The van der Waals surface area contributed by atoms with Gasteiger partial charge in [-0.05, 0) is 68.8 Å². The molecule has 0 saturated carbocycles. The molecule has 5 nitrogen and oxygen atoms in total. The van der Waals surface area contributed by atoms with Crippen LogP contribution in [0.3, 0.4) is 0 Å². The summed E-state index contributed by atoms with van der Waals surface area (Å²) in [6, 6.07) is 13.4. The molecule has 1 N–H and O–H groups in total. The van der Waals surface area contributed by atoms with Gasteiger partial charge in [-0.25, -0.2) is 0 Å². The average molecular weight is 382 g/mol. The Hall–Kier alpha value is -2.37. The summed E-state index contributed by atoms with van der Waals surface area (Å²) >= 11 is 0. The molecular weight excluding hydrogens is 350 g/mol. The fourth-order valence-corrected chi connectivity index (χ4v) is 3.32. The van der Waals surface area contributed by atoms with Gasteiger partial charge in [0.25, 0.3) is 5.91 Å². The van der Waals surface area contributed by atoms with E-state index in [1.54, 1.807) is 0 Å². The first kappa shape index (κ1) is 20.4. The van der Waals surface area contributed by atoms with E-state index in [4.69, 9.17) is 4.74 Å². The quantitative estimate of drug-likeness (QED) is 0.745. The Balaban J connectivity index is 1.44. The second-order valence-electron chi connectivity index (χ2n) is 7.64. The summed E-state index contributed by atoms with van der Waals surface area (Å²) in [5.74, 6) is 0.706. The number of hydrogen-bond donors (Lipinski definition) is 1. The number of benzene rings is 2. The van der Waals surface area contributed by atoms with Crippen LogP contribution in [0.15, 0.2) is 42.5 Å². The van der Waals surface area contributed by atoms with E-state index in [2.05, 4.69) is 22.2 Å². The SMILES string of the molecule is Cc1ccc(C)c(NC(=O)c2ccc(OCCCN3CCN(C)CC3)cc2)c1. The van der Waals surface area contributed by atoms with Crippen molar-refractivity contribution in [1.29, 1.82) is 0 Å². The Labute approximate surface area is 168 Å². The molecule has 1 aliphatic heterocycles. The van der Waals surface area contributed by atoms with Crippen molar-refractivity contribution >= 4 is 11.6 Å². The first-order chi connectivity index (χ1) is 13.5. The normalized spacial score (nSPS) is 15.4. The number of amides is 1. The summed E-state index contributed by atoms with van der Waals surface area (Å²) < 4.78 is 5.84. The highest BCUT2D eigenvalue weighted by atomic mass is 16.5. The third-order valence-electron chi connectivity index (χ3n) is 5.24. The summed E-state index contributed by atoms with van der Waals surface area (Å²) in [5.41, 5.74) is 3.67. The van der Waals surface area contributed by atoms with Crippen LogP contribution in [0.5, 0.6) is 5.75 Å². The van der Waals surface area contributed by atoms with Crippen molar-refractivity contribution in [2.24, 2.45) is 0 Å². The van der Waals surface area contributed by atoms with Gasteiger partial charge in [0.05, 0.1) is 6.61 Å². The summed E-state index contributed by atoms with van der Waals surface area (Å²) in [4.78, 5) is 17.3. The topological polar surface area (TPSA) is 44.8 Å². The minimum Gasteiger partial charge on any atom is -0.494 e. The summed E-state index contributed by atoms with van der Waals surface area (Å²) in [6.45, 7) is 10.4. The second-order valence-corrected chi connectivity index (χ2v) is 7.64. The molecule has 0 aliphatic carbocycles. The van der Waals surface area contributed by atoms with Crippen LogP contribution in [0, 0.1) is 13.8 Å². The van der Waals surface area contributed by atoms with Crippen molar-refractivity contribution in [3.63, 3.8) is 0 Å². The Kier molecular flexibility index (Phi) is 7.06. The highest BCUT2D eigenvalue weighted by Gasteiger charge is 2.13. The summed E-state index contributed by atoms with van der Waals surface area (Å²) in [7, 11) is 2.17. The lowest BCUT2D eigenvalue weighted by molar-refractivity contribution is 0.102. The third-order valence-corrected chi connectivity index (χ3v) is 5.24. The van der Waals surface area contributed by atoms with Gasteiger partial charge in [0, 0.05) is 44.0 Å². The van der Waals surface area contributed by atoms with Crippen LogP contribution in [-0.4, -0.2) is 62.1 Å². The lowest BCUT2D eigenvalue weighted by atomic mass is 10.1. The molecule has 0 spiro atoms. The van der Waals surface area contributed by atoms with Gasteiger partial charge in [-0.3, -0.25) is 4.79 Å². The lowest BCUT2D eigenvalue weighted by Gasteiger charge is -2.32. The maximum absolute atomic E-state index is 12.5. The number of anilines is 1. The minimum atomic E-state index is -0.102. The van der Waals surface area contributed by atoms with Crippen LogP contribution < -0.4 is 10.1 Å². The number of ether oxygens (including phenoxy) is 1. The number of carbonyl (C=O) groups excluding carboxylic acids is 1. The summed E-state index contributed by atoms with van der Waals surface area (Å²) in [5, 5.41) is 2.99. The molecule has 2 aromatic rings. The van der Waals surface area contributed by atoms with Gasteiger partial charge in [0.1, 0.15) is 5.75 Å². The van der Waals surface area contributed by atoms with E-state index in [0.717, 1.165) is 61.7 Å². The molecule has 1 saturated heterocycles. The van der Waals surface area contributed by atoms with Gasteiger partial charge in [0.2, 0.25) is 0 Å². The average Bonchev–Trinajstić information content (AvgIpc) is 2.70. The van der Waals surface area contributed by atoms with E-state index >= 15 is 0 Å². The number of aryl methyl sites for hydroxylation is 2. The van der Waals surface area contributed by atoms with E-state index in [1.165, 1.54) is 0 Å². The Morgan fingerprint density at radius 3 is 2.46 bits per heavy atom. The first-order valence-corrected chi connectivity index (χ1v) is 10.0. The highest BCUT2D eigenvalue weighted by Crippen LogP contribution is 2.19. The predicted molar refractivity (Wildman–Crippen MR) is 114 cm³/mol. The van der Waals surface area contributed by atoms with Crippen LogP contribution in [-0.2, 0) is 0 Å². The number of piperazine rings is 1. The van der Waals surface area contributed by atoms with E-state index in [1.807, 2.05) is 56.3 Å². The zero-order valence-electron chi connectivity index (χ0n) is 17.2. The van der Waals surface area contributed by atoms with Gasteiger partial charge in [-0.15, -0.1) is 0 Å². The van der Waals surface area contributed by atoms with Crippen molar-refractivity contribution in [1.82, 2.24) is 9.80 Å². The van der Waals surface area contributed by atoms with Crippen molar-refractivity contribution in [2.75, 3.05) is 51.7 Å². The lowest BCUT2D eigenvalue weighted by Crippen LogP contribution is -2.44. The molecule has 1 fully saturated rings. The number of nitrogens with zero attached hydrogens (tertiary/aromatic N) is 2. The van der Waals surface area contributed by atoms with Crippen molar-refractivity contribution in [3.8, 4) is 5.75 Å². The zero-order valence-corrected chi connectivity index (χ0v) is 17.2. The molecule has 0 unspecified atom stereocenters. The molecule has 28 heavy (non-hydrogen) atoms. The highest BCUT2D eigenvalue weighted by molar-refractivity contribution is 6.04. The van der Waals surface area contributed by atoms with E-state index in [9.17, 15) is 4.79 Å². The fraction of sp³-hybridized carbons (Fsp3) is 0.435. The fourth-order valence-electron chi connectivity index (χ4n) is 3.32. The van der Waals surface area contributed by atoms with Crippen molar-refractivity contribution in [2.45, 2.75) is 20.3 Å². The molecule has 3 rings (SSSR count). The molecule has 5 heteroatoms. The molecule has 0 bridgehead atoms. The van der Waals surface area contributed by atoms with E-state index in [0.29, 0.717) is 12.2 Å². The molecule has 0 radical (unpaired) electrons. The molecule has 150 valence electrons. The molecule has 2 aromatic carbocycles. The molecule has 1 heterocycles. The number of likely N-dealkylation sites (N-methyl/N-ethyl adjacent to an activating group) is 1. The summed E-state index contributed by atoms with van der Waals surface area (Å²) in [6.07, 6.45) is 1.01. The Morgan fingerprint density at radius 2 is 1.75 bits per heavy atom. The molecule has 0 aromatic heterocycles. The van der Waals surface area contributed by atoms with Crippen LogP contribution in [0.25, 0.3) is 0 Å². The van der Waals surface area contributed by atoms with Crippen LogP contribution >= 0.6 is 0 Å². The maximum Gasteiger partial charge on any atom is 0.255 e. The molecule has 1 amide bonds. The molecular formula is C23H31N3O2. The van der Waals surface area contributed by atoms with Crippen LogP contribution in [0.4, 0.5) is 5.69 Å². The first-order valence-electron chi connectivity index (χ1n) is 10.0. The molecule has 0 atom stereocenters.